The van der Waals surface area contributed by atoms with Gasteiger partial charge in [-0.3, -0.25) is 0 Å². The van der Waals surface area contributed by atoms with E-state index >= 15 is 0 Å². The van der Waals surface area contributed by atoms with Gasteiger partial charge in [-0.25, -0.2) is 4.79 Å². The van der Waals surface area contributed by atoms with Crippen LogP contribution in [0.4, 0.5) is 0 Å². The van der Waals surface area contributed by atoms with Crippen LogP contribution in [0.15, 0.2) is 22.7 Å². The van der Waals surface area contributed by atoms with Crippen molar-refractivity contribution < 1.29 is 9.53 Å². The predicted molar refractivity (Wildman–Crippen MR) is 81.3 cm³/mol. The molecule has 1 aromatic carbocycles. The van der Waals surface area contributed by atoms with Crippen molar-refractivity contribution in [3.63, 3.8) is 0 Å². The molecule has 0 atom stereocenters. The summed E-state index contributed by atoms with van der Waals surface area (Å²) < 4.78 is 5.66. The van der Waals surface area contributed by atoms with Gasteiger partial charge >= 0.3 is 5.97 Å². The summed E-state index contributed by atoms with van der Waals surface area (Å²) in [4.78, 5) is 13.7. The molecule has 0 heterocycles. The van der Waals surface area contributed by atoms with Gasteiger partial charge in [0.25, 0.3) is 0 Å². The van der Waals surface area contributed by atoms with Crippen molar-refractivity contribution in [1.29, 1.82) is 0 Å². The molecular formula is C15H22BrNO2. The first-order chi connectivity index (χ1) is 8.93. The highest BCUT2D eigenvalue weighted by atomic mass is 79.9. The highest BCUT2D eigenvalue weighted by Gasteiger charge is 2.10. The second kappa shape index (κ2) is 7.65. The molecule has 0 aliphatic rings. The van der Waals surface area contributed by atoms with Gasteiger partial charge in [0.05, 0.1) is 12.7 Å². The van der Waals surface area contributed by atoms with E-state index in [0.29, 0.717) is 11.5 Å². The van der Waals surface area contributed by atoms with E-state index in [1.54, 1.807) is 0 Å². The molecule has 0 aliphatic heterocycles. The third kappa shape index (κ3) is 5.33. The summed E-state index contributed by atoms with van der Waals surface area (Å²) in [7, 11) is 3.51. The Labute approximate surface area is 124 Å². The van der Waals surface area contributed by atoms with Gasteiger partial charge in [-0.1, -0.05) is 35.8 Å². The number of carbonyl (C=O) groups excluding carboxylic acids is 1. The third-order valence-electron chi connectivity index (χ3n) is 3.00. The Bertz CT molecular complexity index is 432. The van der Waals surface area contributed by atoms with Crippen molar-refractivity contribution in [2.24, 2.45) is 5.92 Å². The number of hydrogen-bond donors (Lipinski definition) is 0. The minimum atomic E-state index is -0.305. The van der Waals surface area contributed by atoms with Crippen LogP contribution in [-0.4, -0.2) is 31.6 Å². The molecule has 0 unspecified atom stereocenters. The Morgan fingerprint density at radius 2 is 2.11 bits per heavy atom. The molecule has 0 saturated carbocycles. The summed E-state index contributed by atoms with van der Waals surface area (Å²) >= 11 is 3.52. The molecule has 0 spiro atoms. The van der Waals surface area contributed by atoms with Crippen LogP contribution in [0.25, 0.3) is 0 Å². The summed E-state index contributed by atoms with van der Waals surface area (Å²) in [6.07, 6.45) is 1.19. The van der Waals surface area contributed by atoms with E-state index in [1.807, 2.05) is 18.2 Å². The lowest BCUT2D eigenvalue weighted by atomic mass is 10.1. The number of nitrogens with zero attached hydrogens (tertiary/aromatic N) is 1. The molecule has 3 nitrogen and oxygen atoms in total. The second-order valence-corrected chi connectivity index (χ2v) is 6.07. The van der Waals surface area contributed by atoms with Crippen LogP contribution >= 0.6 is 15.9 Å². The summed E-state index contributed by atoms with van der Waals surface area (Å²) in [6, 6.07) is 5.60. The van der Waals surface area contributed by atoms with Crippen LogP contribution in [0.3, 0.4) is 0 Å². The summed E-state index contributed by atoms with van der Waals surface area (Å²) in [5, 5.41) is 0. The van der Waals surface area contributed by atoms with E-state index in [-0.39, 0.29) is 5.97 Å². The van der Waals surface area contributed by atoms with Gasteiger partial charge in [-0.05, 0) is 43.6 Å². The Hall–Kier alpha value is -0.870. The van der Waals surface area contributed by atoms with Gasteiger partial charge in [-0.2, -0.15) is 0 Å². The maximum atomic E-state index is 11.4. The average Bonchev–Trinajstić information content (AvgIpc) is 2.37. The van der Waals surface area contributed by atoms with Crippen molar-refractivity contribution in [3.8, 4) is 0 Å². The lowest BCUT2D eigenvalue weighted by Gasteiger charge is -2.18. The minimum absolute atomic E-state index is 0.305. The molecule has 1 aromatic rings. The standard InChI is InChI=1S/C15H22BrNO2/c1-11(2)7-8-17(3)10-13-6-5-12(9-14(13)16)15(18)19-4/h5-6,9,11H,7-8,10H2,1-4H3. The number of rotatable bonds is 6. The first-order valence-electron chi connectivity index (χ1n) is 6.49. The fourth-order valence-electron chi connectivity index (χ4n) is 1.77. The Kier molecular flexibility index (Phi) is 6.52. The van der Waals surface area contributed by atoms with Gasteiger partial charge in [0, 0.05) is 11.0 Å². The first-order valence-corrected chi connectivity index (χ1v) is 7.28. The van der Waals surface area contributed by atoms with Gasteiger partial charge in [0.15, 0.2) is 0 Å². The lowest BCUT2D eigenvalue weighted by Crippen LogP contribution is -2.20. The van der Waals surface area contributed by atoms with E-state index in [1.165, 1.54) is 19.1 Å². The third-order valence-corrected chi connectivity index (χ3v) is 3.74. The topological polar surface area (TPSA) is 29.5 Å². The number of methoxy groups -OCH3 is 1. The summed E-state index contributed by atoms with van der Waals surface area (Å²) in [5.74, 6) is 0.410. The molecule has 106 valence electrons. The molecule has 0 bridgehead atoms. The zero-order valence-corrected chi connectivity index (χ0v) is 13.7. The molecule has 0 aromatic heterocycles. The molecule has 19 heavy (non-hydrogen) atoms. The van der Waals surface area contributed by atoms with Crippen LogP contribution in [0.2, 0.25) is 0 Å². The Balaban J connectivity index is 2.67. The Morgan fingerprint density at radius 1 is 1.42 bits per heavy atom. The summed E-state index contributed by atoms with van der Waals surface area (Å²) in [5.41, 5.74) is 1.75. The number of benzene rings is 1. The van der Waals surface area contributed by atoms with Crippen molar-refractivity contribution in [3.05, 3.63) is 33.8 Å². The fourth-order valence-corrected chi connectivity index (χ4v) is 2.27. The summed E-state index contributed by atoms with van der Waals surface area (Å²) in [6.45, 7) is 6.40. The number of halogens is 1. The van der Waals surface area contributed by atoms with Crippen LogP contribution in [0, 0.1) is 5.92 Å². The van der Waals surface area contributed by atoms with E-state index in [4.69, 9.17) is 4.74 Å². The number of carbonyl (C=O) groups is 1. The fraction of sp³-hybridized carbons (Fsp3) is 0.533. The van der Waals surface area contributed by atoms with Crippen LogP contribution in [0.5, 0.6) is 0 Å². The van der Waals surface area contributed by atoms with Crippen LogP contribution in [0.1, 0.15) is 36.2 Å². The van der Waals surface area contributed by atoms with Gasteiger partial charge < -0.3 is 9.64 Å². The zero-order valence-electron chi connectivity index (χ0n) is 12.1. The molecule has 0 radical (unpaired) electrons. The largest absolute Gasteiger partial charge is 0.465 e. The van der Waals surface area contributed by atoms with Crippen LogP contribution in [-0.2, 0) is 11.3 Å². The maximum absolute atomic E-state index is 11.4. The smallest absolute Gasteiger partial charge is 0.337 e. The minimum Gasteiger partial charge on any atom is -0.465 e. The SMILES string of the molecule is COC(=O)c1ccc(CN(C)CCC(C)C)c(Br)c1. The van der Waals surface area contributed by atoms with Crippen molar-refractivity contribution >= 4 is 21.9 Å². The van der Waals surface area contributed by atoms with E-state index in [2.05, 4.69) is 41.7 Å². The molecule has 0 aliphatic carbocycles. The molecule has 0 saturated heterocycles. The molecule has 0 amide bonds. The molecule has 1 rings (SSSR count). The van der Waals surface area contributed by atoms with E-state index < -0.39 is 0 Å². The molecule has 4 heteroatoms. The van der Waals surface area contributed by atoms with Crippen molar-refractivity contribution in [2.45, 2.75) is 26.8 Å². The number of hydrogen-bond acceptors (Lipinski definition) is 3. The predicted octanol–water partition coefficient (Wildman–Crippen LogP) is 3.71. The van der Waals surface area contributed by atoms with Crippen LogP contribution < -0.4 is 0 Å². The first kappa shape index (κ1) is 16.2. The number of esters is 1. The van der Waals surface area contributed by atoms with Gasteiger partial charge in [0.2, 0.25) is 0 Å². The molecular weight excluding hydrogens is 306 g/mol. The normalized spacial score (nSPS) is 11.1. The number of ether oxygens (including phenoxy) is 1. The molecule has 0 fully saturated rings. The van der Waals surface area contributed by atoms with Crippen molar-refractivity contribution in [1.82, 2.24) is 4.90 Å². The van der Waals surface area contributed by atoms with E-state index in [9.17, 15) is 4.79 Å². The van der Waals surface area contributed by atoms with Gasteiger partial charge in [-0.15, -0.1) is 0 Å². The Morgan fingerprint density at radius 3 is 2.63 bits per heavy atom. The monoisotopic (exact) mass is 327 g/mol. The zero-order chi connectivity index (χ0) is 14.4. The average molecular weight is 328 g/mol. The lowest BCUT2D eigenvalue weighted by molar-refractivity contribution is 0.0600. The van der Waals surface area contributed by atoms with E-state index in [0.717, 1.165) is 17.6 Å². The van der Waals surface area contributed by atoms with Gasteiger partial charge in [0.1, 0.15) is 0 Å². The molecule has 0 N–H and O–H groups in total. The highest BCUT2D eigenvalue weighted by Crippen LogP contribution is 2.20. The van der Waals surface area contributed by atoms with Crippen molar-refractivity contribution in [2.75, 3.05) is 20.7 Å². The maximum Gasteiger partial charge on any atom is 0.337 e. The quantitative estimate of drug-likeness (QED) is 0.746. The second-order valence-electron chi connectivity index (χ2n) is 5.22. The highest BCUT2D eigenvalue weighted by molar-refractivity contribution is 9.10.